The number of hydrogen-bond acceptors (Lipinski definition) is 4. The van der Waals surface area contributed by atoms with E-state index >= 15 is 0 Å². The Morgan fingerprint density at radius 2 is 2.07 bits per heavy atom. The molecule has 0 saturated carbocycles. The van der Waals surface area contributed by atoms with Gasteiger partial charge in [-0.3, -0.25) is 0 Å². The smallest absolute Gasteiger partial charge is 0.227 e. The van der Waals surface area contributed by atoms with Gasteiger partial charge in [0.25, 0.3) is 0 Å². The Kier molecular flexibility index (Phi) is 3.35. The number of sulfone groups is 1. The number of nitrogens with zero attached hydrogens (tertiary/aromatic N) is 2. The molecule has 1 aromatic rings. The van der Waals surface area contributed by atoms with E-state index in [4.69, 9.17) is 0 Å². The summed E-state index contributed by atoms with van der Waals surface area (Å²) >= 11 is 0. The van der Waals surface area contributed by atoms with Crippen LogP contribution in [0.3, 0.4) is 0 Å². The molecule has 0 aliphatic rings. The van der Waals surface area contributed by atoms with Crippen LogP contribution in [0, 0.1) is 5.92 Å². The molecule has 0 N–H and O–H groups in total. The molecule has 0 fully saturated rings. The van der Waals surface area contributed by atoms with Crippen molar-refractivity contribution < 1.29 is 8.42 Å². The monoisotopic (exact) mass is 212 g/mol. The first-order valence-electron chi connectivity index (χ1n) is 4.18. The number of allylic oxidation sites excluding steroid dienone is 1. The summed E-state index contributed by atoms with van der Waals surface area (Å²) in [6, 6.07) is 1.58. The average Bonchev–Trinajstić information content (AvgIpc) is 2.18. The van der Waals surface area contributed by atoms with Crippen molar-refractivity contribution in [2.45, 2.75) is 12.1 Å². The van der Waals surface area contributed by atoms with Gasteiger partial charge in [0.05, 0.1) is 5.75 Å². The fourth-order valence-corrected chi connectivity index (χ4v) is 2.35. The summed E-state index contributed by atoms with van der Waals surface area (Å²) in [5.41, 5.74) is 0. The lowest BCUT2D eigenvalue weighted by atomic mass is 10.2. The van der Waals surface area contributed by atoms with E-state index in [0.29, 0.717) is 0 Å². The van der Waals surface area contributed by atoms with Crippen molar-refractivity contribution >= 4 is 9.84 Å². The Morgan fingerprint density at radius 1 is 1.50 bits per heavy atom. The van der Waals surface area contributed by atoms with Crippen LogP contribution in [0.2, 0.25) is 0 Å². The summed E-state index contributed by atoms with van der Waals surface area (Å²) in [4.78, 5) is 7.41. The zero-order chi connectivity index (χ0) is 10.6. The van der Waals surface area contributed by atoms with Gasteiger partial charge in [-0.15, -0.1) is 6.58 Å². The quantitative estimate of drug-likeness (QED) is 0.553. The van der Waals surface area contributed by atoms with Gasteiger partial charge in [-0.2, -0.15) is 0 Å². The van der Waals surface area contributed by atoms with Gasteiger partial charge in [0.2, 0.25) is 15.0 Å². The SMILES string of the molecule is C=C[C@@H](C)CS(=O)(=O)c1ncccn1. The van der Waals surface area contributed by atoms with Crippen LogP contribution in [0.4, 0.5) is 0 Å². The third-order valence-electron chi connectivity index (χ3n) is 1.70. The van der Waals surface area contributed by atoms with Crippen LogP contribution in [0.5, 0.6) is 0 Å². The number of hydrogen-bond donors (Lipinski definition) is 0. The van der Waals surface area contributed by atoms with Crippen LogP contribution in [-0.2, 0) is 9.84 Å². The van der Waals surface area contributed by atoms with E-state index in [2.05, 4.69) is 16.5 Å². The lowest BCUT2D eigenvalue weighted by molar-refractivity contribution is 0.579. The van der Waals surface area contributed by atoms with E-state index in [1.54, 1.807) is 19.1 Å². The summed E-state index contributed by atoms with van der Waals surface area (Å²) in [6.45, 7) is 5.32. The molecule has 0 bridgehead atoms. The highest BCUT2D eigenvalue weighted by Gasteiger charge is 2.19. The lowest BCUT2D eigenvalue weighted by Crippen LogP contribution is -2.15. The fourth-order valence-electron chi connectivity index (χ4n) is 0.935. The summed E-state index contributed by atoms with van der Waals surface area (Å²) in [5, 5.41) is -0.117. The van der Waals surface area contributed by atoms with Crippen LogP contribution in [-0.4, -0.2) is 24.1 Å². The van der Waals surface area contributed by atoms with Crippen molar-refractivity contribution in [2.75, 3.05) is 5.75 Å². The first-order chi connectivity index (χ1) is 6.56. The molecule has 5 heteroatoms. The summed E-state index contributed by atoms with van der Waals surface area (Å²) in [6.07, 6.45) is 4.43. The third-order valence-corrected chi connectivity index (χ3v) is 3.44. The molecule has 0 aromatic carbocycles. The third kappa shape index (κ3) is 2.63. The molecule has 1 heterocycles. The van der Waals surface area contributed by atoms with Gasteiger partial charge in [-0.25, -0.2) is 18.4 Å². The zero-order valence-electron chi connectivity index (χ0n) is 7.92. The van der Waals surface area contributed by atoms with Crippen molar-refractivity contribution in [3.05, 3.63) is 31.1 Å². The number of rotatable bonds is 4. The van der Waals surface area contributed by atoms with Crippen LogP contribution in [0.15, 0.2) is 36.3 Å². The Balaban J connectivity index is 2.92. The first-order valence-corrected chi connectivity index (χ1v) is 5.84. The maximum atomic E-state index is 11.6. The molecule has 14 heavy (non-hydrogen) atoms. The zero-order valence-corrected chi connectivity index (χ0v) is 8.74. The van der Waals surface area contributed by atoms with Crippen LogP contribution in [0.25, 0.3) is 0 Å². The normalized spacial score (nSPS) is 13.5. The fraction of sp³-hybridized carbons (Fsp3) is 0.333. The standard InChI is InChI=1S/C9H12N2O2S/c1-3-8(2)7-14(12,13)9-10-5-4-6-11-9/h3-6,8H,1,7H2,2H3/t8-/m1/s1. The minimum Gasteiger partial charge on any atom is -0.227 e. The van der Waals surface area contributed by atoms with Gasteiger partial charge in [-0.05, 0) is 12.0 Å². The van der Waals surface area contributed by atoms with E-state index in [1.807, 2.05) is 0 Å². The summed E-state index contributed by atoms with van der Waals surface area (Å²) in [5.74, 6) is -0.0932. The second-order valence-electron chi connectivity index (χ2n) is 3.03. The molecule has 1 aromatic heterocycles. The van der Waals surface area contributed by atoms with Crippen LogP contribution in [0.1, 0.15) is 6.92 Å². The highest BCUT2D eigenvalue weighted by atomic mass is 32.2. The van der Waals surface area contributed by atoms with Crippen LogP contribution >= 0.6 is 0 Å². The molecular weight excluding hydrogens is 200 g/mol. The Morgan fingerprint density at radius 3 is 2.57 bits per heavy atom. The van der Waals surface area contributed by atoms with Gasteiger partial charge in [0, 0.05) is 12.4 Å². The Bertz CT molecular complexity index is 400. The van der Waals surface area contributed by atoms with Crippen molar-refractivity contribution in [1.29, 1.82) is 0 Å². The van der Waals surface area contributed by atoms with Crippen molar-refractivity contribution in [1.82, 2.24) is 9.97 Å². The van der Waals surface area contributed by atoms with E-state index in [0.717, 1.165) is 0 Å². The van der Waals surface area contributed by atoms with E-state index in [-0.39, 0.29) is 16.8 Å². The molecule has 76 valence electrons. The maximum absolute atomic E-state index is 11.6. The van der Waals surface area contributed by atoms with E-state index in [9.17, 15) is 8.42 Å². The second-order valence-corrected chi connectivity index (χ2v) is 4.95. The molecule has 0 aliphatic heterocycles. The molecule has 0 aliphatic carbocycles. The Labute approximate surface area is 83.6 Å². The van der Waals surface area contributed by atoms with Crippen LogP contribution < -0.4 is 0 Å². The van der Waals surface area contributed by atoms with Gasteiger partial charge in [0.15, 0.2) is 0 Å². The van der Waals surface area contributed by atoms with E-state index in [1.165, 1.54) is 12.4 Å². The summed E-state index contributed by atoms with van der Waals surface area (Å²) in [7, 11) is -3.37. The molecule has 0 radical (unpaired) electrons. The second kappa shape index (κ2) is 4.32. The molecule has 0 amide bonds. The largest absolute Gasteiger partial charge is 0.247 e. The van der Waals surface area contributed by atoms with Crippen molar-refractivity contribution in [3.8, 4) is 0 Å². The predicted molar refractivity (Wildman–Crippen MR) is 53.4 cm³/mol. The topological polar surface area (TPSA) is 59.9 Å². The predicted octanol–water partition coefficient (Wildman–Crippen LogP) is 1.07. The molecule has 1 rings (SSSR count). The van der Waals surface area contributed by atoms with Gasteiger partial charge in [0.1, 0.15) is 0 Å². The minimum absolute atomic E-state index is 0.000509. The first kappa shape index (κ1) is 10.8. The average molecular weight is 212 g/mol. The molecule has 1 atom stereocenters. The Hall–Kier alpha value is -1.23. The highest BCUT2D eigenvalue weighted by molar-refractivity contribution is 7.91. The lowest BCUT2D eigenvalue weighted by Gasteiger charge is -2.05. The molecule has 0 saturated heterocycles. The van der Waals surface area contributed by atoms with Gasteiger partial charge in [-0.1, -0.05) is 13.0 Å². The highest BCUT2D eigenvalue weighted by Crippen LogP contribution is 2.08. The maximum Gasteiger partial charge on any atom is 0.247 e. The van der Waals surface area contributed by atoms with Gasteiger partial charge < -0.3 is 0 Å². The molecule has 4 nitrogen and oxygen atoms in total. The van der Waals surface area contributed by atoms with Crippen molar-refractivity contribution in [2.24, 2.45) is 5.92 Å². The molecule has 0 spiro atoms. The van der Waals surface area contributed by atoms with Gasteiger partial charge >= 0.3 is 0 Å². The molecular formula is C9H12N2O2S. The minimum atomic E-state index is -3.37. The number of aromatic nitrogens is 2. The summed E-state index contributed by atoms with van der Waals surface area (Å²) < 4.78 is 23.3. The van der Waals surface area contributed by atoms with E-state index < -0.39 is 9.84 Å². The van der Waals surface area contributed by atoms with Crippen molar-refractivity contribution in [3.63, 3.8) is 0 Å². The molecule has 0 unspecified atom stereocenters.